The quantitative estimate of drug-likeness (QED) is 0.348. The number of aromatic amines is 1. The Labute approximate surface area is 226 Å². The summed E-state index contributed by atoms with van der Waals surface area (Å²) < 4.78 is 1.61. The van der Waals surface area contributed by atoms with Crippen LogP contribution in [0, 0.1) is 5.41 Å². The van der Waals surface area contributed by atoms with Gasteiger partial charge in [0.1, 0.15) is 0 Å². The number of hydrogen-bond donors (Lipinski definition) is 3. The first-order chi connectivity index (χ1) is 18.6. The van der Waals surface area contributed by atoms with Crippen molar-refractivity contribution in [2.45, 2.75) is 45.2 Å². The smallest absolute Gasteiger partial charge is 0.407 e. The van der Waals surface area contributed by atoms with Crippen LogP contribution in [0.1, 0.15) is 33.6 Å². The largest absolute Gasteiger partial charge is 0.465 e. The van der Waals surface area contributed by atoms with Crippen LogP contribution in [-0.4, -0.2) is 60.5 Å². The van der Waals surface area contributed by atoms with Crippen molar-refractivity contribution in [2.75, 3.05) is 23.3 Å². The lowest BCUT2D eigenvalue weighted by Crippen LogP contribution is -2.67. The number of likely N-dealkylation sites (tertiary alicyclic amines) is 1. The number of rotatable bonds is 4. The number of H-pyrrole nitrogens is 1. The molecule has 1 amide bonds. The topological polar surface area (TPSA) is 119 Å². The lowest BCUT2D eigenvalue weighted by molar-refractivity contribution is 0.0795. The van der Waals surface area contributed by atoms with E-state index in [0.29, 0.717) is 18.6 Å². The summed E-state index contributed by atoms with van der Waals surface area (Å²) in [6, 6.07) is 14.0. The highest BCUT2D eigenvalue weighted by Crippen LogP contribution is 2.51. The van der Waals surface area contributed by atoms with Crippen molar-refractivity contribution in [1.29, 1.82) is 0 Å². The molecule has 3 N–H and O–H groups in total. The predicted molar refractivity (Wildman–Crippen MR) is 152 cm³/mol. The first-order valence-electron chi connectivity index (χ1n) is 13.2. The highest BCUT2D eigenvalue weighted by atomic mass is 16.4. The summed E-state index contributed by atoms with van der Waals surface area (Å²) in [4.78, 5) is 33.7. The summed E-state index contributed by atoms with van der Waals surface area (Å²) >= 11 is 0. The predicted octanol–water partition coefficient (Wildman–Crippen LogP) is 4.81. The lowest BCUT2D eigenvalue weighted by atomic mass is 9.71. The van der Waals surface area contributed by atoms with Gasteiger partial charge in [-0.1, -0.05) is 26.8 Å². The Morgan fingerprint density at radius 2 is 1.92 bits per heavy atom. The average molecular weight is 528 g/mol. The van der Waals surface area contributed by atoms with E-state index in [1.54, 1.807) is 22.7 Å². The van der Waals surface area contributed by atoms with Gasteiger partial charge in [-0.15, -0.1) is 0 Å². The molecule has 4 aromatic rings. The Bertz CT molecular complexity index is 1610. The minimum atomic E-state index is -0.850. The second-order valence-corrected chi connectivity index (χ2v) is 11.7. The van der Waals surface area contributed by atoms with Gasteiger partial charge in [-0.05, 0) is 60.2 Å². The SMILES string of the molecule is Cn1c(=O)c(Nc2ccc(N3C4CCC3(C(C)(C)C)CN(C(=O)O)C4)cc2)nc2ccc(-c3cn[nH]c3)cc21. The molecule has 10 nitrogen and oxygen atoms in total. The molecule has 0 aliphatic carbocycles. The molecular weight excluding hydrogens is 494 g/mol. The van der Waals surface area contributed by atoms with Gasteiger partial charge in [-0.3, -0.25) is 9.89 Å². The second-order valence-electron chi connectivity index (χ2n) is 11.7. The highest BCUT2D eigenvalue weighted by molar-refractivity contribution is 5.83. The second kappa shape index (κ2) is 8.86. The van der Waals surface area contributed by atoms with Crippen LogP contribution in [-0.2, 0) is 7.05 Å². The molecule has 2 aliphatic rings. The first-order valence-corrected chi connectivity index (χ1v) is 13.2. The van der Waals surface area contributed by atoms with Crippen LogP contribution in [0.3, 0.4) is 0 Å². The molecule has 2 aromatic carbocycles. The fraction of sp³-hybridized carbons (Fsp3) is 0.379. The van der Waals surface area contributed by atoms with E-state index in [2.05, 4.69) is 58.3 Å². The molecule has 2 aromatic heterocycles. The number of nitrogens with one attached hydrogen (secondary N) is 2. The average Bonchev–Trinajstić information content (AvgIpc) is 3.52. The Morgan fingerprint density at radius 1 is 1.15 bits per heavy atom. The van der Waals surface area contributed by atoms with E-state index in [9.17, 15) is 14.7 Å². The zero-order valence-corrected chi connectivity index (χ0v) is 22.6. The van der Waals surface area contributed by atoms with Crippen molar-refractivity contribution in [2.24, 2.45) is 12.5 Å². The third-order valence-corrected chi connectivity index (χ3v) is 8.58. The van der Waals surface area contributed by atoms with Crippen molar-refractivity contribution in [3.05, 3.63) is 65.2 Å². The van der Waals surface area contributed by atoms with E-state index in [4.69, 9.17) is 0 Å². The summed E-state index contributed by atoms with van der Waals surface area (Å²) in [5.41, 5.74) is 4.55. The van der Waals surface area contributed by atoms with Gasteiger partial charge in [0.2, 0.25) is 0 Å². The van der Waals surface area contributed by atoms with Gasteiger partial charge in [0.15, 0.2) is 5.82 Å². The molecule has 0 radical (unpaired) electrons. The minimum absolute atomic E-state index is 0.120. The monoisotopic (exact) mass is 527 g/mol. The molecule has 0 spiro atoms. The number of nitrogens with zero attached hydrogens (tertiary/aromatic N) is 5. The molecule has 2 saturated heterocycles. The molecule has 2 bridgehead atoms. The highest BCUT2D eigenvalue weighted by Gasteiger charge is 2.57. The van der Waals surface area contributed by atoms with Gasteiger partial charge in [0, 0.05) is 49.3 Å². The minimum Gasteiger partial charge on any atom is -0.465 e. The number of aryl methyl sites for hydroxylation is 1. The maximum atomic E-state index is 13.2. The van der Waals surface area contributed by atoms with Crippen molar-refractivity contribution in [3.8, 4) is 11.1 Å². The number of amides is 1. The molecule has 2 unspecified atom stereocenters. The molecule has 6 rings (SSSR count). The van der Waals surface area contributed by atoms with E-state index in [-0.39, 0.29) is 28.4 Å². The van der Waals surface area contributed by atoms with Gasteiger partial charge in [0.25, 0.3) is 5.56 Å². The van der Waals surface area contributed by atoms with Crippen LogP contribution < -0.4 is 15.8 Å². The maximum absolute atomic E-state index is 13.2. The summed E-state index contributed by atoms with van der Waals surface area (Å²) in [6.07, 6.45) is 4.61. The zero-order valence-electron chi connectivity index (χ0n) is 22.6. The van der Waals surface area contributed by atoms with E-state index >= 15 is 0 Å². The Morgan fingerprint density at radius 3 is 2.59 bits per heavy atom. The number of carbonyl (C=O) groups is 1. The van der Waals surface area contributed by atoms with Gasteiger partial charge in [0.05, 0.1) is 22.8 Å². The summed E-state index contributed by atoms with van der Waals surface area (Å²) in [5.74, 6) is 0.259. The molecule has 10 heteroatoms. The zero-order chi connectivity index (χ0) is 27.5. The van der Waals surface area contributed by atoms with Crippen molar-refractivity contribution in [3.63, 3.8) is 0 Å². The van der Waals surface area contributed by atoms with Crippen LogP contribution in [0.5, 0.6) is 0 Å². The Hall–Kier alpha value is -4.34. The van der Waals surface area contributed by atoms with Gasteiger partial charge < -0.3 is 24.8 Å². The van der Waals surface area contributed by atoms with Crippen LogP contribution >= 0.6 is 0 Å². The van der Waals surface area contributed by atoms with Crippen LogP contribution in [0.25, 0.3) is 22.2 Å². The number of aromatic nitrogens is 4. The van der Waals surface area contributed by atoms with Gasteiger partial charge in [-0.25, -0.2) is 9.78 Å². The number of carboxylic acid groups (broad SMARTS) is 1. The number of hydrogen-bond acceptors (Lipinski definition) is 6. The van der Waals surface area contributed by atoms with Gasteiger partial charge in [-0.2, -0.15) is 5.10 Å². The molecule has 0 saturated carbocycles. The molecule has 2 fully saturated rings. The molecule has 4 heterocycles. The normalized spacial score (nSPS) is 21.0. The Balaban J connectivity index is 1.29. The Kier molecular flexibility index (Phi) is 5.67. The fourth-order valence-electron chi connectivity index (χ4n) is 6.38. The van der Waals surface area contributed by atoms with Crippen LogP contribution in [0.15, 0.2) is 59.7 Å². The summed E-state index contributed by atoms with van der Waals surface area (Å²) in [7, 11) is 1.75. The molecule has 2 aliphatic heterocycles. The van der Waals surface area contributed by atoms with Crippen molar-refractivity contribution in [1.82, 2.24) is 24.6 Å². The van der Waals surface area contributed by atoms with E-state index in [1.165, 1.54) is 0 Å². The van der Waals surface area contributed by atoms with E-state index < -0.39 is 6.09 Å². The standard InChI is InChI=1S/C29H33N7O3/c1-28(2,3)29-12-11-22(16-35(17-29)27(38)39)36(29)21-8-6-20(7-9-21)32-25-26(37)34(4)24-13-18(5-10-23(24)33-25)19-14-30-31-15-19/h5-10,13-15,22H,11-12,16-17H2,1-4H3,(H,30,31)(H,32,33)(H,38,39). The summed E-state index contributed by atoms with van der Waals surface area (Å²) in [5, 5.41) is 19.8. The van der Waals surface area contributed by atoms with Crippen molar-refractivity contribution < 1.29 is 9.90 Å². The number of benzene rings is 2. The third kappa shape index (κ3) is 4.02. The molecule has 39 heavy (non-hydrogen) atoms. The van der Waals surface area contributed by atoms with Crippen LogP contribution in [0.2, 0.25) is 0 Å². The summed E-state index contributed by atoms with van der Waals surface area (Å²) in [6.45, 7) is 7.59. The number of piperazine rings is 1. The van der Waals surface area contributed by atoms with Crippen molar-refractivity contribution >= 4 is 34.3 Å². The molecule has 202 valence electrons. The lowest BCUT2D eigenvalue weighted by Gasteiger charge is -2.56. The fourth-order valence-corrected chi connectivity index (χ4v) is 6.38. The van der Waals surface area contributed by atoms with Crippen LogP contribution in [0.4, 0.5) is 22.0 Å². The molecular formula is C29H33N7O3. The third-order valence-electron chi connectivity index (χ3n) is 8.58. The first kappa shape index (κ1) is 25.0. The number of fused-ring (bicyclic) bond motifs is 3. The molecule has 2 atom stereocenters. The van der Waals surface area contributed by atoms with Gasteiger partial charge >= 0.3 is 6.09 Å². The number of anilines is 3. The van der Waals surface area contributed by atoms with E-state index in [0.717, 1.165) is 40.9 Å². The van der Waals surface area contributed by atoms with E-state index in [1.807, 2.05) is 36.5 Å². The maximum Gasteiger partial charge on any atom is 0.407 e.